The zero-order valence-corrected chi connectivity index (χ0v) is 20.9. The van der Waals surface area contributed by atoms with Crippen LogP contribution in [0.1, 0.15) is 35.4 Å². The lowest BCUT2D eigenvalue weighted by Crippen LogP contribution is -2.53. The van der Waals surface area contributed by atoms with Crippen LogP contribution >= 0.6 is 0 Å². The van der Waals surface area contributed by atoms with Crippen molar-refractivity contribution >= 4 is 11.7 Å². The minimum Gasteiger partial charge on any atom is -0.482 e. The Balaban J connectivity index is 1.60. The summed E-state index contributed by atoms with van der Waals surface area (Å²) in [7, 11) is 1.24. The van der Waals surface area contributed by atoms with Gasteiger partial charge in [0.15, 0.2) is 6.61 Å². The lowest BCUT2D eigenvalue weighted by molar-refractivity contribution is -0.376. The fourth-order valence-electron chi connectivity index (χ4n) is 4.46. The number of ether oxygens (including phenoxy) is 2. The van der Waals surface area contributed by atoms with E-state index < -0.39 is 35.4 Å². The van der Waals surface area contributed by atoms with E-state index in [1.165, 1.54) is 7.11 Å². The molecule has 1 aromatic heterocycles. The molecule has 1 aliphatic heterocycles. The second-order valence-corrected chi connectivity index (χ2v) is 9.16. The number of aromatic nitrogens is 1. The van der Waals surface area contributed by atoms with Crippen molar-refractivity contribution < 1.29 is 50.1 Å². The molecule has 7 nitrogen and oxygen atoms in total. The van der Waals surface area contributed by atoms with E-state index in [0.29, 0.717) is 34.5 Å². The zero-order valence-electron chi connectivity index (χ0n) is 20.9. The van der Waals surface area contributed by atoms with Gasteiger partial charge in [-0.15, -0.1) is 0 Å². The summed E-state index contributed by atoms with van der Waals surface area (Å²) in [6, 6.07) is 8.62. The average molecular weight is 558 g/mol. The lowest BCUT2D eigenvalue weighted by atomic mass is 9.85. The number of anilines is 1. The standard InChI is InChI=1S/C26H24F6N2O5/c1-13-18(19-10-16(6-9-20(19)33-13)24(36,25(27,28)29)26(30,31)32)11-21-14(2)39-23(34-21)15-4-7-17(8-5-15)38-12-22(35)37-3/h4-10,13,18,33,36H,11-12H2,1-3H3. The molecule has 0 saturated heterocycles. The largest absolute Gasteiger partial charge is 0.482 e. The number of alkyl halides is 6. The predicted molar refractivity (Wildman–Crippen MR) is 126 cm³/mol. The molecule has 0 amide bonds. The summed E-state index contributed by atoms with van der Waals surface area (Å²) >= 11 is 0. The quantitative estimate of drug-likeness (QED) is 0.286. The molecule has 39 heavy (non-hydrogen) atoms. The first-order valence-corrected chi connectivity index (χ1v) is 11.7. The molecule has 2 aromatic carbocycles. The summed E-state index contributed by atoms with van der Waals surface area (Å²) in [5.74, 6) is -0.0223. The van der Waals surface area contributed by atoms with Crippen molar-refractivity contribution in [3.63, 3.8) is 0 Å². The highest BCUT2D eigenvalue weighted by molar-refractivity contribution is 5.71. The van der Waals surface area contributed by atoms with Crippen LogP contribution in [0.15, 0.2) is 46.9 Å². The van der Waals surface area contributed by atoms with E-state index in [1.54, 1.807) is 38.1 Å². The van der Waals surface area contributed by atoms with Gasteiger partial charge >= 0.3 is 18.3 Å². The topological polar surface area (TPSA) is 93.8 Å². The maximum absolute atomic E-state index is 13.5. The van der Waals surface area contributed by atoms with Crippen LogP contribution in [0.4, 0.5) is 32.0 Å². The van der Waals surface area contributed by atoms with E-state index in [0.717, 1.165) is 12.1 Å². The van der Waals surface area contributed by atoms with Crippen LogP contribution in [0.2, 0.25) is 0 Å². The third-order valence-corrected chi connectivity index (χ3v) is 6.67. The molecule has 3 aromatic rings. The van der Waals surface area contributed by atoms with Gasteiger partial charge in [0.05, 0.1) is 12.8 Å². The Bertz CT molecular complexity index is 1340. The number of halogens is 6. The van der Waals surface area contributed by atoms with Crippen LogP contribution in [-0.2, 0) is 21.6 Å². The molecule has 1 aliphatic rings. The van der Waals surface area contributed by atoms with Gasteiger partial charge in [0.2, 0.25) is 5.89 Å². The molecule has 0 bridgehead atoms. The summed E-state index contributed by atoms with van der Waals surface area (Å²) in [5.41, 5.74) is -4.72. The summed E-state index contributed by atoms with van der Waals surface area (Å²) < 4.78 is 96.3. The minimum absolute atomic E-state index is 0.150. The Hall–Kier alpha value is -3.74. The molecule has 0 spiro atoms. The molecule has 2 atom stereocenters. The molecule has 2 unspecified atom stereocenters. The Kier molecular flexibility index (Phi) is 7.32. The third-order valence-electron chi connectivity index (χ3n) is 6.67. The molecule has 0 aliphatic carbocycles. The first kappa shape index (κ1) is 28.3. The number of oxazole rings is 1. The summed E-state index contributed by atoms with van der Waals surface area (Å²) in [6.45, 7) is 3.13. The number of nitrogens with one attached hydrogen (secondary N) is 1. The number of nitrogens with zero attached hydrogens (tertiary/aromatic N) is 1. The van der Waals surface area contributed by atoms with Gasteiger partial charge in [-0.2, -0.15) is 26.3 Å². The number of hydrogen-bond acceptors (Lipinski definition) is 7. The van der Waals surface area contributed by atoms with Crippen molar-refractivity contribution in [2.45, 2.75) is 50.2 Å². The number of hydrogen-bond donors (Lipinski definition) is 2. The van der Waals surface area contributed by atoms with Gasteiger partial charge in [0.1, 0.15) is 11.5 Å². The van der Waals surface area contributed by atoms with Crippen molar-refractivity contribution in [1.82, 2.24) is 4.98 Å². The Morgan fingerprint density at radius 3 is 2.31 bits per heavy atom. The molecule has 13 heteroatoms. The maximum Gasteiger partial charge on any atom is 0.430 e. The van der Waals surface area contributed by atoms with Gasteiger partial charge in [-0.1, -0.05) is 6.07 Å². The van der Waals surface area contributed by atoms with E-state index in [4.69, 9.17) is 9.15 Å². The van der Waals surface area contributed by atoms with E-state index >= 15 is 0 Å². The van der Waals surface area contributed by atoms with E-state index in [-0.39, 0.29) is 30.5 Å². The fourth-order valence-corrected chi connectivity index (χ4v) is 4.46. The molecule has 210 valence electrons. The smallest absolute Gasteiger partial charge is 0.430 e. The van der Waals surface area contributed by atoms with Gasteiger partial charge in [-0.25, -0.2) is 9.78 Å². The van der Waals surface area contributed by atoms with Crippen molar-refractivity contribution in [2.75, 3.05) is 19.0 Å². The van der Waals surface area contributed by atoms with Gasteiger partial charge in [0.25, 0.3) is 5.60 Å². The highest BCUT2D eigenvalue weighted by atomic mass is 19.4. The Labute approximate surface area is 218 Å². The highest BCUT2D eigenvalue weighted by Crippen LogP contribution is 2.51. The van der Waals surface area contributed by atoms with Crippen molar-refractivity contribution in [1.29, 1.82) is 0 Å². The lowest BCUT2D eigenvalue weighted by Gasteiger charge is -2.33. The molecular weight excluding hydrogens is 534 g/mol. The molecule has 0 saturated carbocycles. The van der Waals surface area contributed by atoms with Gasteiger partial charge in [0, 0.05) is 35.2 Å². The fraction of sp³-hybridized carbons (Fsp3) is 0.385. The summed E-state index contributed by atoms with van der Waals surface area (Å²) in [4.78, 5) is 15.7. The summed E-state index contributed by atoms with van der Waals surface area (Å²) in [6.07, 6.45) is -11.8. The van der Waals surface area contributed by atoms with Crippen LogP contribution < -0.4 is 10.1 Å². The third kappa shape index (κ3) is 5.27. The number of benzene rings is 2. The highest BCUT2D eigenvalue weighted by Gasteiger charge is 2.71. The zero-order chi connectivity index (χ0) is 28.8. The average Bonchev–Trinajstić information content (AvgIpc) is 3.39. The first-order valence-electron chi connectivity index (χ1n) is 11.7. The second-order valence-electron chi connectivity index (χ2n) is 9.16. The van der Waals surface area contributed by atoms with Crippen LogP contribution in [-0.4, -0.2) is 48.2 Å². The number of methoxy groups -OCH3 is 1. The molecular formula is C26H24F6N2O5. The number of esters is 1. The number of rotatable bonds is 7. The summed E-state index contributed by atoms with van der Waals surface area (Å²) in [5, 5.41) is 12.9. The van der Waals surface area contributed by atoms with Gasteiger partial charge < -0.3 is 24.3 Å². The maximum atomic E-state index is 13.5. The SMILES string of the molecule is COC(=O)COc1ccc(-c2nc(CC3c4cc(C(O)(C(F)(F)F)C(F)(F)F)ccc4NC3C)c(C)o2)cc1. The van der Waals surface area contributed by atoms with E-state index in [2.05, 4.69) is 15.0 Å². The van der Waals surface area contributed by atoms with Crippen molar-refractivity contribution in [2.24, 2.45) is 0 Å². The molecule has 2 heterocycles. The Morgan fingerprint density at radius 2 is 1.72 bits per heavy atom. The molecule has 2 N–H and O–H groups in total. The molecule has 0 radical (unpaired) electrons. The number of carbonyl (C=O) groups is 1. The van der Waals surface area contributed by atoms with E-state index in [1.807, 2.05) is 0 Å². The van der Waals surface area contributed by atoms with Crippen LogP contribution in [0.3, 0.4) is 0 Å². The van der Waals surface area contributed by atoms with Gasteiger partial charge in [-0.05, 0) is 55.8 Å². The van der Waals surface area contributed by atoms with Crippen molar-refractivity contribution in [3.05, 3.63) is 65.0 Å². The van der Waals surface area contributed by atoms with Crippen molar-refractivity contribution in [3.8, 4) is 17.2 Å². The number of aryl methyl sites for hydroxylation is 1. The number of carbonyl (C=O) groups excluding carboxylic acids is 1. The molecule has 0 fully saturated rings. The number of aliphatic hydroxyl groups is 1. The van der Waals surface area contributed by atoms with Crippen LogP contribution in [0.25, 0.3) is 11.5 Å². The monoisotopic (exact) mass is 558 g/mol. The minimum atomic E-state index is -5.98. The second kappa shape index (κ2) is 10.1. The van der Waals surface area contributed by atoms with Gasteiger partial charge in [-0.3, -0.25) is 0 Å². The van der Waals surface area contributed by atoms with Crippen LogP contribution in [0, 0.1) is 6.92 Å². The van der Waals surface area contributed by atoms with E-state index in [9.17, 15) is 36.2 Å². The van der Waals surface area contributed by atoms with Crippen LogP contribution in [0.5, 0.6) is 5.75 Å². The molecule has 4 rings (SSSR count). The Morgan fingerprint density at radius 1 is 1.08 bits per heavy atom. The first-order chi connectivity index (χ1) is 18.2. The normalized spacial score (nSPS) is 17.5. The number of fused-ring (bicyclic) bond motifs is 1. The predicted octanol–water partition coefficient (Wildman–Crippen LogP) is 5.65.